The Labute approximate surface area is 251 Å². The first-order chi connectivity index (χ1) is 20.2. The van der Waals surface area contributed by atoms with E-state index in [1.165, 1.54) is 22.3 Å². The quantitative estimate of drug-likeness (QED) is 0.162. The van der Waals surface area contributed by atoms with E-state index in [2.05, 4.69) is 28.0 Å². The second-order valence-corrected chi connectivity index (χ2v) is 12.0. The fraction of sp³-hybridized carbons (Fsp3) is 0.500. The molecular weight excluding hydrogens is 552 g/mol. The number of nitrogen functional groups attached to an aromatic ring is 1. The minimum atomic E-state index is -0.510. The molecule has 1 fully saturated rings. The molecule has 224 valence electrons. The van der Waals surface area contributed by atoms with Gasteiger partial charge in [-0.25, -0.2) is 4.98 Å². The van der Waals surface area contributed by atoms with Crippen LogP contribution in [0, 0.1) is 16.7 Å². The van der Waals surface area contributed by atoms with E-state index < -0.39 is 5.92 Å². The molecule has 0 amide bonds. The van der Waals surface area contributed by atoms with E-state index in [9.17, 15) is 15.2 Å². The van der Waals surface area contributed by atoms with E-state index in [4.69, 9.17) is 21.6 Å². The number of aromatic nitrogens is 2. The second-order valence-electron chi connectivity index (χ2n) is 10.9. The summed E-state index contributed by atoms with van der Waals surface area (Å²) in [5.74, 6) is -0.265. The van der Waals surface area contributed by atoms with Crippen molar-refractivity contribution in [1.29, 1.82) is 10.7 Å². The Morgan fingerprint density at radius 1 is 1.38 bits per heavy atom. The van der Waals surface area contributed by atoms with Crippen LogP contribution < -0.4 is 16.2 Å². The molecule has 2 aromatic heterocycles. The van der Waals surface area contributed by atoms with Crippen molar-refractivity contribution in [2.24, 2.45) is 5.73 Å². The van der Waals surface area contributed by atoms with Gasteiger partial charge in [-0.1, -0.05) is 13.3 Å². The average Bonchev–Trinajstić information content (AvgIpc) is 3.56. The fourth-order valence-electron chi connectivity index (χ4n) is 5.50. The summed E-state index contributed by atoms with van der Waals surface area (Å²) in [5.41, 5.74) is 14.9. The minimum absolute atomic E-state index is 0.0716. The van der Waals surface area contributed by atoms with Crippen molar-refractivity contribution >= 4 is 33.5 Å². The highest BCUT2D eigenvalue weighted by Gasteiger charge is 2.34. The van der Waals surface area contributed by atoms with Crippen molar-refractivity contribution in [3.8, 4) is 11.9 Å². The third-order valence-electron chi connectivity index (χ3n) is 7.88. The maximum Gasteiger partial charge on any atom is 0.217 e. The summed E-state index contributed by atoms with van der Waals surface area (Å²) in [4.78, 5) is 28.1. The van der Waals surface area contributed by atoms with Crippen LogP contribution in [0.25, 0.3) is 5.70 Å². The molecule has 2 aromatic rings. The van der Waals surface area contributed by atoms with E-state index >= 15 is 0 Å². The van der Waals surface area contributed by atoms with Crippen molar-refractivity contribution in [3.63, 3.8) is 0 Å². The van der Waals surface area contributed by atoms with Gasteiger partial charge in [0, 0.05) is 41.7 Å². The Kier molecular flexibility index (Phi) is 10.3. The molecule has 6 N–H and O–H groups in total. The number of rotatable bonds is 12. The molecule has 42 heavy (non-hydrogen) atoms. The monoisotopic (exact) mass is 592 g/mol. The molecule has 0 aromatic carbocycles. The molecule has 12 heteroatoms. The number of hydrogen-bond donors (Lipinski definition) is 4. The van der Waals surface area contributed by atoms with Crippen LogP contribution in [0.1, 0.15) is 78.9 Å². The number of ether oxygens (including phenoxy) is 1. The Bertz CT molecular complexity index is 1430. The van der Waals surface area contributed by atoms with Gasteiger partial charge >= 0.3 is 0 Å². The van der Waals surface area contributed by atoms with Gasteiger partial charge in [0.1, 0.15) is 24.4 Å². The molecule has 0 bridgehead atoms. The number of nitriles is 1. The summed E-state index contributed by atoms with van der Waals surface area (Å²) in [6.45, 7) is 3.20. The Morgan fingerprint density at radius 2 is 2.17 bits per heavy atom. The fourth-order valence-corrected chi connectivity index (χ4v) is 6.63. The molecule has 1 unspecified atom stereocenters. The standard InChI is InChI=1S/C30H40N8O3S/c1-4-7-20(28(40)19-9-5-10-24-26(19)21(15-31)29(34)42-24)27(33)30-35-23(22(32)11-13-37(2)17-39)14-25(36-30)41-16-18-8-6-12-38(18)3/h11,13-14,18-19,32,39H,4-10,12,16-17,33-34H2,1-3H3/b13-11-,27-20-,32-22?/t18-,19?/m0/s1. The number of likely N-dealkylation sites (tertiary alicyclic amines) is 1. The number of aliphatic hydroxyl groups is 1. The highest BCUT2D eigenvalue weighted by Crippen LogP contribution is 2.44. The molecule has 0 spiro atoms. The van der Waals surface area contributed by atoms with Gasteiger partial charge in [-0.2, -0.15) is 10.2 Å². The van der Waals surface area contributed by atoms with Crippen LogP contribution in [0.2, 0.25) is 0 Å². The molecule has 2 atom stereocenters. The van der Waals surface area contributed by atoms with Gasteiger partial charge in [0.2, 0.25) is 5.88 Å². The lowest BCUT2D eigenvalue weighted by Crippen LogP contribution is -2.30. The molecule has 0 saturated carbocycles. The van der Waals surface area contributed by atoms with Gasteiger partial charge in [0.05, 0.1) is 22.7 Å². The smallest absolute Gasteiger partial charge is 0.217 e. The predicted molar refractivity (Wildman–Crippen MR) is 164 cm³/mol. The highest BCUT2D eigenvalue weighted by atomic mass is 32.1. The normalized spacial score (nSPS) is 19.3. The zero-order valence-electron chi connectivity index (χ0n) is 24.5. The van der Waals surface area contributed by atoms with Crippen molar-refractivity contribution < 1.29 is 14.6 Å². The zero-order chi connectivity index (χ0) is 30.4. The number of anilines is 1. The van der Waals surface area contributed by atoms with Crippen LogP contribution in [-0.4, -0.2) is 76.4 Å². The molecule has 3 heterocycles. The van der Waals surface area contributed by atoms with Crippen LogP contribution >= 0.6 is 11.3 Å². The molecule has 2 aliphatic rings. The number of allylic oxidation sites excluding steroid dienone is 2. The van der Waals surface area contributed by atoms with Gasteiger partial charge in [-0.05, 0) is 63.8 Å². The number of hydrogen-bond acceptors (Lipinski definition) is 12. The lowest BCUT2D eigenvalue weighted by atomic mass is 9.79. The van der Waals surface area contributed by atoms with E-state index in [0.29, 0.717) is 42.0 Å². The van der Waals surface area contributed by atoms with E-state index in [1.54, 1.807) is 19.3 Å². The molecule has 1 aliphatic heterocycles. The summed E-state index contributed by atoms with van der Waals surface area (Å²) in [7, 11) is 3.75. The van der Waals surface area contributed by atoms with Gasteiger partial charge in [0.15, 0.2) is 11.6 Å². The second kappa shape index (κ2) is 13.9. The summed E-state index contributed by atoms with van der Waals surface area (Å²) in [5, 5.41) is 28.2. The SMILES string of the molecule is CCC/C(C(=O)C1CCCc2sc(N)c(C#N)c21)=C(/N)c1nc(OC[C@@H]2CCCN2C)cc(C(=N)/C=C\N(C)CO)n1. The van der Waals surface area contributed by atoms with Crippen LogP contribution in [0.3, 0.4) is 0 Å². The molecule has 1 saturated heterocycles. The van der Waals surface area contributed by atoms with Crippen LogP contribution in [0.15, 0.2) is 23.9 Å². The van der Waals surface area contributed by atoms with Crippen molar-refractivity contribution in [3.05, 3.63) is 51.4 Å². The molecule has 4 rings (SSSR count). The number of ketones is 1. The maximum absolute atomic E-state index is 14.1. The van der Waals surface area contributed by atoms with E-state index in [-0.39, 0.29) is 47.4 Å². The third-order valence-corrected chi connectivity index (χ3v) is 8.97. The first-order valence-corrected chi connectivity index (χ1v) is 15.1. The lowest BCUT2D eigenvalue weighted by Gasteiger charge is -2.24. The maximum atomic E-state index is 14.1. The number of nitrogens with two attached hydrogens (primary N) is 2. The number of likely N-dealkylation sites (N-methyl/N-ethyl adjacent to an activating group) is 1. The van der Waals surface area contributed by atoms with Crippen molar-refractivity contribution in [2.45, 2.75) is 63.8 Å². The zero-order valence-corrected chi connectivity index (χ0v) is 25.3. The number of aliphatic hydroxyl groups excluding tert-OH is 1. The number of nitrogens with one attached hydrogen (secondary N) is 1. The first kappa shape index (κ1) is 31.2. The minimum Gasteiger partial charge on any atom is -0.476 e. The van der Waals surface area contributed by atoms with E-state index in [1.807, 2.05) is 6.92 Å². The number of thiophene rings is 1. The van der Waals surface area contributed by atoms with Gasteiger partial charge < -0.3 is 31.1 Å². The number of fused-ring (bicyclic) bond motifs is 1. The van der Waals surface area contributed by atoms with Crippen LogP contribution in [-0.2, 0) is 11.2 Å². The number of carbonyl (C=O) groups excluding carboxylic acids is 1. The van der Waals surface area contributed by atoms with Gasteiger partial charge in [0.25, 0.3) is 0 Å². The van der Waals surface area contributed by atoms with Gasteiger partial charge in [-0.3, -0.25) is 10.2 Å². The Morgan fingerprint density at radius 3 is 2.83 bits per heavy atom. The van der Waals surface area contributed by atoms with Gasteiger partial charge in [-0.15, -0.1) is 11.3 Å². The highest BCUT2D eigenvalue weighted by molar-refractivity contribution is 7.16. The average molecular weight is 593 g/mol. The summed E-state index contributed by atoms with van der Waals surface area (Å²) in [6, 6.07) is 4.05. The molecule has 11 nitrogen and oxygen atoms in total. The van der Waals surface area contributed by atoms with Crippen molar-refractivity contribution in [2.75, 3.05) is 39.7 Å². The number of nitrogens with zero attached hydrogens (tertiary/aromatic N) is 5. The van der Waals surface area contributed by atoms with Crippen molar-refractivity contribution in [1.82, 2.24) is 19.8 Å². The lowest BCUT2D eigenvalue weighted by molar-refractivity contribution is -0.117. The first-order valence-electron chi connectivity index (χ1n) is 14.3. The number of aryl methyl sites for hydroxylation is 1. The third kappa shape index (κ3) is 6.81. The largest absolute Gasteiger partial charge is 0.476 e. The topological polar surface area (TPSA) is 178 Å². The van der Waals surface area contributed by atoms with Crippen LogP contribution in [0.5, 0.6) is 5.88 Å². The van der Waals surface area contributed by atoms with E-state index in [0.717, 1.165) is 42.7 Å². The van der Waals surface area contributed by atoms with Crippen LogP contribution in [0.4, 0.5) is 5.00 Å². The summed E-state index contributed by atoms with van der Waals surface area (Å²) >= 11 is 1.39. The summed E-state index contributed by atoms with van der Waals surface area (Å²) < 4.78 is 6.11. The molecule has 0 radical (unpaired) electrons. The molecular formula is C30H40N8O3S. The Balaban J connectivity index is 1.75. The summed E-state index contributed by atoms with van der Waals surface area (Å²) in [6.07, 6.45) is 8.50. The number of Topliss-reactive ketones (excluding diaryl/α,β-unsaturated/α-hetero) is 1. The predicted octanol–water partition coefficient (Wildman–Crippen LogP) is 3.39. The Hall–Kier alpha value is -3.79. The molecule has 1 aliphatic carbocycles. The number of carbonyl (C=O) groups is 1.